The Morgan fingerprint density at radius 3 is 1.70 bits per heavy atom. The summed E-state index contributed by atoms with van der Waals surface area (Å²) in [5.41, 5.74) is 3.26. The van der Waals surface area contributed by atoms with Crippen molar-refractivity contribution < 1.29 is 16.8 Å². The number of aryl methyl sites for hydroxylation is 3. The lowest BCUT2D eigenvalue weighted by molar-refractivity contribution is 0.445. The van der Waals surface area contributed by atoms with Gasteiger partial charge in [-0.05, 0) is 56.2 Å². The Labute approximate surface area is 162 Å². The Morgan fingerprint density at radius 1 is 0.815 bits per heavy atom. The second-order valence-electron chi connectivity index (χ2n) is 6.44. The lowest BCUT2D eigenvalue weighted by Gasteiger charge is -2.18. The molecule has 27 heavy (non-hydrogen) atoms. The van der Waals surface area contributed by atoms with Crippen LogP contribution in [0.3, 0.4) is 0 Å². The summed E-state index contributed by atoms with van der Waals surface area (Å²) < 4.78 is 54.5. The molecule has 8 heteroatoms. The maximum Gasteiger partial charge on any atom is 0.261 e. The number of nitrogens with one attached hydrogen (secondary N) is 1. The minimum Gasteiger partial charge on any atom is -0.279 e. The summed E-state index contributed by atoms with van der Waals surface area (Å²) in [6, 6.07) is 9.11. The molecule has 2 aromatic rings. The van der Waals surface area contributed by atoms with E-state index in [-0.39, 0.29) is 9.79 Å². The lowest BCUT2D eigenvalue weighted by atomic mass is 10.1. The van der Waals surface area contributed by atoms with Crippen molar-refractivity contribution in [1.29, 1.82) is 0 Å². The number of nitrogens with zero attached hydrogens (tertiary/aromatic N) is 1. The Balaban J connectivity index is 2.36. The van der Waals surface area contributed by atoms with E-state index >= 15 is 0 Å². The molecular formula is C19H26N2O4S2. The Kier molecular flexibility index (Phi) is 6.34. The Morgan fingerprint density at radius 2 is 1.26 bits per heavy atom. The molecule has 0 bridgehead atoms. The number of rotatable bonds is 7. The highest BCUT2D eigenvalue weighted by molar-refractivity contribution is 7.92. The van der Waals surface area contributed by atoms with E-state index in [2.05, 4.69) is 4.72 Å². The molecule has 2 aromatic carbocycles. The predicted molar refractivity (Wildman–Crippen MR) is 108 cm³/mol. The van der Waals surface area contributed by atoms with E-state index in [1.165, 1.54) is 28.6 Å². The van der Waals surface area contributed by atoms with Crippen molar-refractivity contribution in [3.05, 3.63) is 53.1 Å². The molecule has 6 nitrogen and oxygen atoms in total. The van der Waals surface area contributed by atoms with Crippen LogP contribution in [0.5, 0.6) is 0 Å². The van der Waals surface area contributed by atoms with Gasteiger partial charge in [0.05, 0.1) is 15.5 Å². The molecule has 1 N–H and O–H groups in total. The fraction of sp³-hybridized carbons (Fsp3) is 0.368. The molecule has 0 aliphatic carbocycles. The van der Waals surface area contributed by atoms with Crippen LogP contribution in [-0.2, 0) is 20.0 Å². The smallest absolute Gasteiger partial charge is 0.261 e. The number of benzene rings is 2. The molecule has 0 aliphatic rings. The largest absolute Gasteiger partial charge is 0.279 e. The Hall–Kier alpha value is -1.90. The van der Waals surface area contributed by atoms with Crippen LogP contribution in [0.25, 0.3) is 0 Å². The van der Waals surface area contributed by atoms with Crippen molar-refractivity contribution in [1.82, 2.24) is 4.31 Å². The zero-order chi connectivity index (χ0) is 20.4. The molecule has 148 valence electrons. The van der Waals surface area contributed by atoms with E-state index in [1.54, 1.807) is 13.8 Å². The van der Waals surface area contributed by atoms with E-state index in [9.17, 15) is 16.8 Å². The molecule has 0 aliphatic heterocycles. The predicted octanol–water partition coefficient (Wildman–Crippen LogP) is 3.44. The summed E-state index contributed by atoms with van der Waals surface area (Å²) in [4.78, 5) is 0.0909. The minimum absolute atomic E-state index is 0.0142. The fourth-order valence-electron chi connectivity index (χ4n) is 3.04. The van der Waals surface area contributed by atoms with Gasteiger partial charge in [-0.3, -0.25) is 4.72 Å². The van der Waals surface area contributed by atoms with Crippen LogP contribution in [0.2, 0.25) is 0 Å². The molecule has 0 heterocycles. The number of anilines is 1. The molecule has 0 atom stereocenters. The van der Waals surface area contributed by atoms with Crippen LogP contribution in [0.1, 0.15) is 30.5 Å². The summed E-state index contributed by atoms with van der Waals surface area (Å²) in [7, 11) is -7.45. The third-order valence-corrected chi connectivity index (χ3v) is 7.82. The van der Waals surface area contributed by atoms with Crippen LogP contribution in [0.4, 0.5) is 5.69 Å². The highest BCUT2D eigenvalue weighted by Crippen LogP contribution is 2.26. The molecule has 0 unspecified atom stereocenters. The van der Waals surface area contributed by atoms with Crippen molar-refractivity contribution in [3.63, 3.8) is 0 Å². The summed E-state index contributed by atoms with van der Waals surface area (Å²) >= 11 is 0. The molecule has 0 spiro atoms. The van der Waals surface area contributed by atoms with E-state index in [0.29, 0.717) is 18.8 Å². The van der Waals surface area contributed by atoms with Crippen LogP contribution in [0.15, 0.2) is 46.2 Å². The normalized spacial score (nSPS) is 12.4. The van der Waals surface area contributed by atoms with Crippen molar-refractivity contribution in [2.24, 2.45) is 0 Å². The van der Waals surface area contributed by atoms with Gasteiger partial charge in [-0.2, -0.15) is 4.31 Å². The van der Waals surface area contributed by atoms with Gasteiger partial charge in [-0.1, -0.05) is 31.5 Å². The zero-order valence-corrected chi connectivity index (χ0v) is 17.9. The average molecular weight is 411 g/mol. The molecular weight excluding hydrogens is 384 g/mol. The fourth-order valence-corrected chi connectivity index (χ4v) is 5.70. The van der Waals surface area contributed by atoms with Gasteiger partial charge in [0.2, 0.25) is 10.0 Å². The van der Waals surface area contributed by atoms with Crippen molar-refractivity contribution in [2.75, 3.05) is 17.8 Å². The van der Waals surface area contributed by atoms with E-state index < -0.39 is 20.0 Å². The molecule has 0 radical (unpaired) electrons. The Bertz CT molecular complexity index is 1000. The zero-order valence-electron chi connectivity index (χ0n) is 16.3. The van der Waals surface area contributed by atoms with Crippen LogP contribution in [0, 0.1) is 20.8 Å². The van der Waals surface area contributed by atoms with Gasteiger partial charge in [0, 0.05) is 13.1 Å². The molecule has 0 saturated carbocycles. The topological polar surface area (TPSA) is 83.6 Å². The van der Waals surface area contributed by atoms with Crippen LogP contribution >= 0.6 is 0 Å². The van der Waals surface area contributed by atoms with Crippen molar-refractivity contribution in [2.45, 2.75) is 44.4 Å². The summed E-state index contributed by atoms with van der Waals surface area (Å²) in [5, 5.41) is 0. The van der Waals surface area contributed by atoms with Gasteiger partial charge in [-0.25, -0.2) is 16.8 Å². The summed E-state index contributed by atoms with van der Waals surface area (Å²) in [5.74, 6) is 0. The van der Waals surface area contributed by atoms with Crippen LogP contribution in [-0.4, -0.2) is 34.2 Å². The van der Waals surface area contributed by atoms with E-state index in [0.717, 1.165) is 16.7 Å². The first-order valence-electron chi connectivity index (χ1n) is 8.73. The number of sulfonamides is 2. The second-order valence-corrected chi connectivity index (χ2v) is 10.1. The standard InChI is InChI=1S/C19H26N2O4S2/c1-6-21(7-2)27(24,25)18-10-8-17(9-11-18)26(22,23)20-19-15(4)12-14(3)13-16(19)5/h8-13,20H,6-7H2,1-5H3. The van der Waals surface area contributed by atoms with Crippen molar-refractivity contribution in [3.8, 4) is 0 Å². The first-order chi connectivity index (χ1) is 12.5. The second kappa shape index (κ2) is 8.00. The first kappa shape index (κ1) is 21.4. The molecule has 0 saturated heterocycles. The summed E-state index contributed by atoms with van der Waals surface area (Å²) in [6.07, 6.45) is 0. The van der Waals surface area contributed by atoms with Gasteiger partial charge >= 0.3 is 0 Å². The third kappa shape index (κ3) is 4.51. The van der Waals surface area contributed by atoms with Crippen molar-refractivity contribution >= 4 is 25.7 Å². The number of hydrogen-bond donors (Lipinski definition) is 1. The summed E-state index contributed by atoms with van der Waals surface area (Å²) in [6.45, 7) is 9.87. The third-order valence-electron chi connectivity index (χ3n) is 4.39. The molecule has 0 fully saturated rings. The van der Waals surface area contributed by atoms with Gasteiger partial charge in [0.1, 0.15) is 0 Å². The van der Waals surface area contributed by atoms with E-state index in [1.807, 2.05) is 32.9 Å². The SMILES string of the molecule is CCN(CC)S(=O)(=O)c1ccc(S(=O)(=O)Nc2c(C)cc(C)cc2C)cc1. The molecule has 0 amide bonds. The highest BCUT2D eigenvalue weighted by atomic mass is 32.2. The van der Waals surface area contributed by atoms with Gasteiger partial charge in [-0.15, -0.1) is 0 Å². The monoisotopic (exact) mass is 410 g/mol. The minimum atomic E-state index is -3.82. The molecule has 0 aromatic heterocycles. The lowest BCUT2D eigenvalue weighted by Crippen LogP contribution is -2.30. The quantitative estimate of drug-likeness (QED) is 0.758. The average Bonchev–Trinajstić information content (AvgIpc) is 2.59. The first-order valence-corrected chi connectivity index (χ1v) is 11.7. The maximum atomic E-state index is 12.7. The highest BCUT2D eigenvalue weighted by Gasteiger charge is 2.23. The molecule has 2 rings (SSSR count). The van der Waals surface area contributed by atoms with E-state index in [4.69, 9.17) is 0 Å². The van der Waals surface area contributed by atoms with Gasteiger partial charge in [0.25, 0.3) is 10.0 Å². The van der Waals surface area contributed by atoms with Gasteiger partial charge < -0.3 is 0 Å². The van der Waals surface area contributed by atoms with Crippen LogP contribution < -0.4 is 4.72 Å². The van der Waals surface area contributed by atoms with Gasteiger partial charge in [0.15, 0.2) is 0 Å². The maximum absolute atomic E-state index is 12.7. The number of hydrogen-bond acceptors (Lipinski definition) is 4.